The zero-order chi connectivity index (χ0) is 25.2. The SMILES string of the molecule is COc1cccc(CN(C(=O)COc2ccc(C)cc2)[C@@H](Cc2ccccc2)C(=O)NC(C)C)c1. The van der Waals surface area contributed by atoms with Crippen molar-refractivity contribution in [2.45, 2.75) is 45.8 Å². The Kier molecular flexibility index (Phi) is 9.30. The summed E-state index contributed by atoms with van der Waals surface area (Å²) in [6, 6.07) is 24.0. The molecule has 0 saturated heterocycles. The molecule has 0 heterocycles. The van der Waals surface area contributed by atoms with Crippen LogP contribution in [0.3, 0.4) is 0 Å². The van der Waals surface area contributed by atoms with Gasteiger partial charge in [0.1, 0.15) is 17.5 Å². The van der Waals surface area contributed by atoms with Crippen LogP contribution in [0.15, 0.2) is 78.9 Å². The van der Waals surface area contributed by atoms with Crippen LogP contribution >= 0.6 is 0 Å². The van der Waals surface area contributed by atoms with Crippen LogP contribution in [-0.2, 0) is 22.6 Å². The lowest BCUT2D eigenvalue weighted by Crippen LogP contribution is -2.52. The van der Waals surface area contributed by atoms with E-state index in [1.807, 2.05) is 99.6 Å². The van der Waals surface area contributed by atoms with E-state index in [0.717, 1.165) is 16.7 Å². The number of benzene rings is 3. The van der Waals surface area contributed by atoms with Gasteiger partial charge in [-0.2, -0.15) is 0 Å². The third kappa shape index (κ3) is 7.88. The van der Waals surface area contributed by atoms with Gasteiger partial charge >= 0.3 is 0 Å². The van der Waals surface area contributed by atoms with Gasteiger partial charge in [-0.25, -0.2) is 0 Å². The van der Waals surface area contributed by atoms with Gasteiger partial charge < -0.3 is 19.7 Å². The van der Waals surface area contributed by atoms with Gasteiger partial charge in [0.2, 0.25) is 5.91 Å². The number of carbonyl (C=O) groups excluding carboxylic acids is 2. The molecule has 3 aromatic carbocycles. The smallest absolute Gasteiger partial charge is 0.261 e. The third-order valence-corrected chi connectivity index (χ3v) is 5.57. The van der Waals surface area contributed by atoms with Crippen LogP contribution in [0.5, 0.6) is 11.5 Å². The normalized spacial score (nSPS) is 11.6. The Morgan fingerprint density at radius 2 is 1.57 bits per heavy atom. The Morgan fingerprint density at radius 1 is 0.886 bits per heavy atom. The van der Waals surface area contributed by atoms with Gasteiger partial charge in [-0.05, 0) is 56.2 Å². The van der Waals surface area contributed by atoms with Crippen molar-refractivity contribution in [2.75, 3.05) is 13.7 Å². The molecular weight excluding hydrogens is 440 g/mol. The number of rotatable bonds is 11. The zero-order valence-corrected chi connectivity index (χ0v) is 20.9. The predicted octanol–water partition coefficient (Wildman–Crippen LogP) is 4.55. The first kappa shape index (κ1) is 25.8. The Bertz CT molecular complexity index is 1100. The standard InChI is InChI=1S/C29H34N2O4/c1-21(2)30-29(33)27(18-23-9-6-5-7-10-23)31(19-24-11-8-12-26(17-24)34-4)28(32)20-35-25-15-13-22(3)14-16-25/h5-17,21,27H,18-20H2,1-4H3,(H,30,33)/t27-/m0/s1. The molecule has 0 spiro atoms. The fourth-order valence-corrected chi connectivity index (χ4v) is 3.76. The molecule has 2 amide bonds. The van der Waals surface area contributed by atoms with Crippen molar-refractivity contribution in [1.29, 1.82) is 0 Å². The molecule has 0 aliphatic heterocycles. The fourth-order valence-electron chi connectivity index (χ4n) is 3.76. The van der Waals surface area contributed by atoms with Crippen LogP contribution in [0, 0.1) is 6.92 Å². The van der Waals surface area contributed by atoms with Gasteiger partial charge in [0.25, 0.3) is 5.91 Å². The molecule has 35 heavy (non-hydrogen) atoms. The molecule has 1 N–H and O–H groups in total. The molecule has 0 unspecified atom stereocenters. The first-order chi connectivity index (χ1) is 16.9. The summed E-state index contributed by atoms with van der Waals surface area (Å²) in [5.74, 6) is 0.831. The van der Waals surface area contributed by atoms with Crippen LogP contribution in [0.4, 0.5) is 0 Å². The Balaban J connectivity index is 1.91. The van der Waals surface area contributed by atoms with Crippen molar-refractivity contribution >= 4 is 11.8 Å². The van der Waals surface area contributed by atoms with Crippen molar-refractivity contribution in [3.63, 3.8) is 0 Å². The second kappa shape index (κ2) is 12.6. The lowest BCUT2D eigenvalue weighted by atomic mass is 10.0. The number of aryl methyl sites for hydroxylation is 1. The van der Waals surface area contributed by atoms with Gasteiger partial charge in [0.15, 0.2) is 6.61 Å². The Labute approximate surface area is 207 Å². The minimum absolute atomic E-state index is 0.0571. The van der Waals surface area contributed by atoms with E-state index in [0.29, 0.717) is 17.9 Å². The summed E-state index contributed by atoms with van der Waals surface area (Å²) in [6.07, 6.45) is 0.389. The monoisotopic (exact) mass is 474 g/mol. The van der Waals surface area contributed by atoms with Gasteiger partial charge in [0.05, 0.1) is 7.11 Å². The average Bonchev–Trinajstić information content (AvgIpc) is 2.86. The lowest BCUT2D eigenvalue weighted by molar-refractivity contribution is -0.143. The number of ether oxygens (including phenoxy) is 2. The maximum Gasteiger partial charge on any atom is 0.261 e. The zero-order valence-electron chi connectivity index (χ0n) is 20.9. The maximum absolute atomic E-state index is 13.6. The van der Waals surface area contributed by atoms with Gasteiger partial charge in [-0.1, -0.05) is 60.2 Å². The number of hydrogen-bond acceptors (Lipinski definition) is 4. The molecule has 0 aliphatic rings. The number of methoxy groups -OCH3 is 1. The van der Waals surface area contributed by atoms with E-state index in [-0.39, 0.29) is 31.0 Å². The molecule has 0 saturated carbocycles. The maximum atomic E-state index is 13.6. The van der Waals surface area contributed by atoms with E-state index in [2.05, 4.69) is 5.32 Å². The number of carbonyl (C=O) groups is 2. The van der Waals surface area contributed by atoms with Crippen molar-refractivity contribution in [1.82, 2.24) is 10.2 Å². The molecule has 3 rings (SSSR count). The lowest BCUT2D eigenvalue weighted by Gasteiger charge is -2.32. The quantitative estimate of drug-likeness (QED) is 0.443. The molecule has 0 fully saturated rings. The van der Waals surface area contributed by atoms with E-state index in [1.54, 1.807) is 12.0 Å². The molecule has 0 aliphatic carbocycles. The molecular formula is C29H34N2O4. The van der Waals surface area contributed by atoms with Gasteiger partial charge in [-0.3, -0.25) is 9.59 Å². The van der Waals surface area contributed by atoms with Crippen molar-refractivity contribution in [3.05, 3.63) is 95.6 Å². The van der Waals surface area contributed by atoms with E-state index < -0.39 is 6.04 Å². The summed E-state index contributed by atoms with van der Waals surface area (Å²) < 4.78 is 11.2. The summed E-state index contributed by atoms with van der Waals surface area (Å²) >= 11 is 0. The Morgan fingerprint density at radius 3 is 2.23 bits per heavy atom. The third-order valence-electron chi connectivity index (χ3n) is 5.57. The molecule has 6 heteroatoms. The summed E-state index contributed by atoms with van der Waals surface area (Å²) in [4.78, 5) is 28.5. The molecule has 6 nitrogen and oxygen atoms in total. The van der Waals surface area contributed by atoms with Crippen molar-refractivity contribution in [2.24, 2.45) is 0 Å². The highest BCUT2D eigenvalue weighted by molar-refractivity contribution is 5.88. The fraction of sp³-hybridized carbons (Fsp3) is 0.310. The number of hydrogen-bond donors (Lipinski definition) is 1. The highest BCUT2D eigenvalue weighted by Gasteiger charge is 2.31. The minimum Gasteiger partial charge on any atom is -0.497 e. The van der Waals surface area contributed by atoms with Crippen LogP contribution in [0.25, 0.3) is 0 Å². The van der Waals surface area contributed by atoms with Gasteiger partial charge in [-0.15, -0.1) is 0 Å². The second-order valence-electron chi connectivity index (χ2n) is 8.84. The Hall–Kier alpha value is -3.80. The van der Waals surface area contributed by atoms with Crippen molar-refractivity contribution in [3.8, 4) is 11.5 Å². The molecule has 184 valence electrons. The van der Waals surface area contributed by atoms with Crippen LogP contribution in [0.2, 0.25) is 0 Å². The number of amides is 2. The van der Waals surface area contributed by atoms with Crippen LogP contribution in [0.1, 0.15) is 30.5 Å². The van der Waals surface area contributed by atoms with Crippen molar-refractivity contribution < 1.29 is 19.1 Å². The predicted molar refractivity (Wildman–Crippen MR) is 137 cm³/mol. The van der Waals surface area contributed by atoms with Gasteiger partial charge in [0, 0.05) is 19.0 Å². The van der Waals surface area contributed by atoms with E-state index in [1.165, 1.54) is 0 Å². The van der Waals surface area contributed by atoms with E-state index in [9.17, 15) is 9.59 Å². The second-order valence-corrected chi connectivity index (χ2v) is 8.84. The van der Waals surface area contributed by atoms with E-state index in [4.69, 9.17) is 9.47 Å². The summed E-state index contributed by atoms with van der Waals surface area (Å²) in [7, 11) is 1.60. The molecule has 3 aromatic rings. The first-order valence-corrected chi connectivity index (χ1v) is 11.8. The number of nitrogens with zero attached hydrogens (tertiary/aromatic N) is 1. The van der Waals surface area contributed by atoms with E-state index >= 15 is 0 Å². The largest absolute Gasteiger partial charge is 0.497 e. The minimum atomic E-state index is -0.708. The highest BCUT2D eigenvalue weighted by Crippen LogP contribution is 2.19. The molecule has 0 bridgehead atoms. The average molecular weight is 475 g/mol. The number of nitrogens with one attached hydrogen (secondary N) is 1. The highest BCUT2D eigenvalue weighted by atomic mass is 16.5. The van der Waals surface area contributed by atoms with Crippen LogP contribution in [-0.4, -0.2) is 42.5 Å². The molecule has 1 atom stereocenters. The van der Waals surface area contributed by atoms with Crippen LogP contribution < -0.4 is 14.8 Å². The topological polar surface area (TPSA) is 67.9 Å². The molecule has 0 aromatic heterocycles. The molecule has 0 radical (unpaired) electrons. The summed E-state index contributed by atoms with van der Waals surface area (Å²) in [6.45, 7) is 5.88. The summed E-state index contributed by atoms with van der Waals surface area (Å²) in [5, 5.41) is 2.99. The first-order valence-electron chi connectivity index (χ1n) is 11.8. The summed E-state index contributed by atoms with van der Waals surface area (Å²) in [5.41, 5.74) is 2.94.